The summed E-state index contributed by atoms with van der Waals surface area (Å²) < 4.78 is 6.20. The number of hydrogen-bond donors (Lipinski definition) is 1. The molecule has 202 valence electrons. The molecule has 2 amide bonds. The van der Waals surface area contributed by atoms with E-state index in [-0.39, 0.29) is 48.3 Å². The van der Waals surface area contributed by atoms with Gasteiger partial charge in [0.2, 0.25) is 11.8 Å². The number of alkyl halides is 1. The van der Waals surface area contributed by atoms with Crippen molar-refractivity contribution in [1.29, 1.82) is 0 Å². The molecule has 1 spiro atoms. The van der Waals surface area contributed by atoms with Gasteiger partial charge in [0.25, 0.3) is 0 Å². The van der Waals surface area contributed by atoms with E-state index < -0.39 is 34.6 Å². The highest BCUT2D eigenvalue weighted by Gasteiger charge is 2.76. The van der Waals surface area contributed by atoms with E-state index >= 15 is 0 Å². The van der Waals surface area contributed by atoms with Crippen LogP contribution in [0.1, 0.15) is 13.3 Å². The number of carbonyl (C=O) groups excluding carboxylic acids is 3. The summed E-state index contributed by atoms with van der Waals surface area (Å²) in [6, 6.07) is 5.96. The lowest BCUT2D eigenvalue weighted by Crippen LogP contribution is -2.57. The monoisotopic (exact) mass is 603 g/mol. The first-order valence-corrected chi connectivity index (χ1v) is 14.3. The van der Waals surface area contributed by atoms with Gasteiger partial charge in [0.1, 0.15) is 24.8 Å². The molecule has 3 aliphatic rings. The van der Waals surface area contributed by atoms with Crippen LogP contribution < -0.4 is 0 Å². The van der Waals surface area contributed by atoms with Gasteiger partial charge >= 0.3 is 5.97 Å². The van der Waals surface area contributed by atoms with Crippen LogP contribution in [0.5, 0.6) is 0 Å². The molecule has 5 rings (SSSR count). The van der Waals surface area contributed by atoms with Crippen LogP contribution in [-0.4, -0.2) is 94.4 Å². The highest BCUT2D eigenvalue weighted by atomic mass is 79.9. The fraction of sp³-hybridized carbons (Fsp3) is 0.500. The number of para-hydroxylation sites is 1. The van der Waals surface area contributed by atoms with Crippen molar-refractivity contribution in [3.63, 3.8) is 0 Å². The van der Waals surface area contributed by atoms with E-state index in [4.69, 9.17) is 4.74 Å². The average molecular weight is 605 g/mol. The average Bonchev–Trinajstić information content (AvgIpc) is 3.63. The van der Waals surface area contributed by atoms with Gasteiger partial charge in [-0.3, -0.25) is 14.4 Å². The van der Waals surface area contributed by atoms with Crippen molar-refractivity contribution in [2.75, 3.05) is 19.8 Å². The van der Waals surface area contributed by atoms with Gasteiger partial charge in [-0.05, 0) is 25.5 Å². The summed E-state index contributed by atoms with van der Waals surface area (Å²) >= 11 is 5.25. The van der Waals surface area contributed by atoms with Crippen molar-refractivity contribution < 1.29 is 24.2 Å². The lowest BCUT2D eigenvalue weighted by atomic mass is 9.71. The Hall–Kier alpha value is -2.70. The fourth-order valence-corrected chi connectivity index (χ4v) is 9.73. The predicted octanol–water partition coefficient (Wildman–Crippen LogP) is 1.98. The summed E-state index contributed by atoms with van der Waals surface area (Å²) in [7, 11) is 0. The molecular weight excluding hydrogens is 574 g/mol. The Balaban J connectivity index is 1.54. The molecule has 12 heteroatoms. The molecule has 1 aromatic carbocycles. The molecule has 2 bridgehead atoms. The van der Waals surface area contributed by atoms with Crippen LogP contribution >= 0.6 is 27.7 Å². The molecule has 1 aromatic heterocycles. The number of aromatic nitrogens is 3. The Kier molecular flexibility index (Phi) is 7.40. The molecule has 0 radical (unpaired) electrons. The number of benzene rings is 1. The first kappa shape index (κ1) is 26.9. The maximum absolute atomic E-state index is 14.4. The summed E-state index contributed by atoms with van der Waals surface area (Å²) in [5, 5.41) is 18.3. The Labute approximate surface area is 233 Å². The Morgan fingerprint density at radius 1 is 1.37 bits per heavy atom. The van der Waals surface area contributed by atoms with E-state index in [1.807, 2.05) is 24.3 Å². The number of fused-ring (bicyclic) bond motifs is 2. The summed E-state index contributed by atoms with van der Waals surface area (Å²) in [4.78, 5) is 44.6. The van der Waals surface area contributed by atoms with Gasteiger partial charge < -0.3 is 19.6 Å². The van der Waals surface area contributed by atoms with Gasteiger partial charge in [0, 0.05) is 16.6 Å². The number of aliphatic hydroxyl groups excluding tert-OH is 1. The number of carbonyl (C=O) groups is 3. The number of nitrogens with zero attached hydrogens (tertiary/aromatic N) is 5. The van der Waals surface area contributed by atoms with E-state index in [1.54, 1.807) is 22.6 Å². The first-order valence-electron chi connectivity index (χ1n) is 12.5. The minimum Gasteiger partial charge on any atom is -0.461 e. The summed E-state index contributed by atoms with van der Waals surface area (Å²) in [6.45, 7) is 9.21. The second-order valence-electron chi connectivity index (χ2n) is 9.93. The molecule has 7 atom stereocenters. The van der Waals surface area contributed by atoms with E-state index in [9.17, 15) is 19.5 Å². The fourth-order valence-electron chi connectivity index (χ4n) is 6.15. The topological polar surface area (TPSA) is 118 Å². The van der Waals surface area contributed by atoms with Crippen LogP contribution in [0.3, 0.4) is 0 Å². The molecule has 10 nitrogen and oxygen atoms in total. The zero-order valence-electron chi connectivity index (χ0n) is 21.0. The van der Waals surface area contributed by atoms with Crippen LogP contribution in [0.2, 0.25) is 0 Å². The van der Waals surface area contributed by atoms with E-state index in [0.717, 1.165) is 5.52 Å². The second kappa shape index (κ2) is 10.5. The normalized spacial score (nSPS) is 30.3. The number of thioether (sulfide) groups is 1. The van der Waals surface area contributed by atoms with Crippen molar-refractivity contribution in [3.8, 4) is 0 Å². The minimum absolute atomic E-state index is 0.0473. The molecule has 38 heavy (non-hydrogen) atoms. The number of rotatable bonds is 10. The first-order chi connectivity index (χ1) is 18.3. The van der Waals surface area contributed by atoms with Gasteiger partial charge in [-0.1, -0.05) is 52.0 Å². The molecule has 4 heterocycles. The third-order valence-electron chi connectivity index (χ3n) is 7.70. The van der Waals surface area contributed by atoms with Crippen LogP contribution in [0.15, 0.2) is 49.6 Å². The van der Waals surface area contributed by atoms with Crippen molar-refractivity contribution >= 4 is 56.5 Å². The Morgan fingerprint density at radius 2 is 2.13 bits per heavy atom. The number of ether oxygens (including phenoxy) is 1. The lowest BCUT2D eigenvalue weighted by molar-refractivity contribution is -0.153. The predicted molar refractivity (Wildman–Crippen MR) is 146 cm³/mol. The van der Waals surface area contributed by atoms with Gasteiger partial charge in [-0.2, -0.15) is 0 Å². The van der Waals surface area contributed by atoms with Crippen LogP contribution in [0.4, 0.5) is 0 Å². The van der Waals surface area contributed by atoms with Gasteiger partial charge in [0.15, 0.2) is 0 Å². The van der Waals surface area contributed by atoms with Crippen LogP contribution in [0, 0.1) is 11.8 Å². The summed E-state index contributed by atoms with van der Waals surface area (Å²) in [5.74, 6) is -2.49. The lowest BCUT2D eigenvalue weighted by Gasteiger charge is -2.39. The Bertz CT molecular complexity index is 1290. The number of halogens is 1. The zero-order chi connectivity index (χ0) is 27.2. The molecule has 3 unspecified atom stereocenters. The summed E-state index contributed by atoms with van der Waals surface area (Å²) in [5.41, 5.74) is 1.48. The largest absolute Gasteiger partial charge is 0.461 e. The second-order valence-corrected chi connectivity index (χ2v) is 12.6. The molecule has 3 saturated heterocycles. The number of aliphatic hydroxyl groups is 1. The summed E-state index contributed by atoms with van der Waals surface area (Å²) in [6.07, 6.45) is 3.65. The number of esters is 1. The molecule has 1 N–H and O–H groups in total. The highest BCUT2D eigenvalue weighted by molar-refractivity contribution is 9.09. The maximum atomic E-state index is 14.4. The van der Waals surface area contributed by atoms with Crippen LogP contribution in [0.25, 0.3) is 11.0 Å². The Morgan fingerprint density at radius 3 is 2.84 bits per heavy atom. The third-order valence-corrected chi connectivity index (χ3v) is 10.9. The quantitative estimate of drug-likeness (QED) is 0.249. The molecule has 2 aromatic rings. The number of likely N-dealkylation sites (tertiary alicyclic amines) is 1. The number of hydrogen-bond acceptors (Lipinski definition) is 8. The van der Waals surface area contributed by atoms with Crippen LogP contribution in [-0.2, 0) is 25.8 Å². The van der Waals surface area contributed by atoms with Crippen molar-refractivity contribution in [2.45, 2.75) is 46.9 Å². The van der Waals surface area contributed by atoms with E-state index in [2.05, 4.69) is 39.4 Å². The van der Waals surface area contributed by atoms with Gasteiger partial charge in [-0.25, -0.2) is 4.68 Å². The minimum atomic E-state index is -0.885. The van der Waals surface area contributed by atoms with E-state index in [0.29, 0.717) is 11.9 Å². The molecule has 3 fully saturated rings. The van der Waals surface area contributed by atoms with Crippen molar-refractivity contribution in [3.05, 3.63) is 49.6 Å². The van der Waals surface area contributed by atoms with Gasteiger partial charge in [0.05, 0.1) is 34.7 Å². The number of amides is 2. The van der Waals surface area contributed by atoms with Crippen molar-refractivity contribution in [1.82, 2.24) is 24.8 Å². The molecule has 0 saturated carbocycles. The highest BCUT2D eigenvalue weighted by Crippen LogP contribution is 2.68. The zero-order valence-corrected chi connectivity index (χ0v) is 23.4. The molecule has 3 aliphatic heterocycles. The third kappa shape index (κ3) is 4.08. The maximum Gasteiger partial charge on any atom is 0.311 e. The SMILES string of the molecule is C=CCOC(=O)[C@H]1[C@@H]2SC3(CC2Br)C(C(=O)N(CC=C)Cn2nnc4ccccc42)N([C@H](C)CO)C(=O)[C@H]13. The molecule has 0 aliphatic carbocycles. The smallest absolute Gasteiger partial charge is 0.311 e. The van der Waals surface area contributed by atoms with E-state index in [1.165, 1.54) is 22.7 Å². The molecular formula is C26H30BrN5O5S. The van der Waals surface area contributed by atoms with Gasteiger partial charge in [-0.15, -0.1) is 23.4 Å². The standard InChI is InChI=1S/C26H30BrN5O5S/c1-4-10-30(14-31-18-9-7-6-8-17(18)28-29-31)24(35)22-26-12-16(27)21(38-26)19(25(36)37-11-5-2)20(26)23(34)32(22)15(3)13-33/h4-9,15-16,19-22,33H,1-2,10-14H2,3H3/t15-,16?,19-,20+,21-,22?,26?/m1/s1. The van der Waals surface area contributed by atoms with Crippen molar-refractivity contribution in [2.24, 2.45) is 11.8 Å².